The zero-order valence-corrected chi connectivity index (χ0v) is 11.5. The number of anilines is 1. The Labute approximate surface area is 114 Å². The Kier molecular flexibility index (Phi) is 4.47. The highest BCUT2D eigenvalue weighted by Crippen LogP contribution is 2.16. The van der Waals surface area contributed by atoms with Crippen LogP contribution < -0.4 is 10.6 Å². The van der Waals surface area contributed by atoms with Crippen molar-refractivity contribution in [1.29, 1.82) is 0 Å². The maximum atomic E-state index is 5.84. The summed E-state index contributed by atoms with van der Waals surface area (Å²) in [5, 5.41) is 0. The predicted octanol–water partition coefficient (Wildman–Crippen LogP) is 2.52. The van der Waals surface area contributed by atoms with Crippen molar-refractivity contribution in [2.45, 2.75) is 26.4 Å². The number of nitrogens with two attached hydrogens (primary N) is 1. The molecular weight excluding hydrogens is 236 g/mol. The average Bonchev–Trinajstić information content (AvgIpc) is 2.46. The molecule has 19 heavy (non-hydrogen) atoms. The molecule has 4 heteroatoms. The second kappa shape index (κ2) is 6.29. The molecule has 0 aliphatic heterocycles. The summed E-state index contributed by atoms with van der Waals surface area (Å²) >= 11 is 0. The Bertz CT molecular complexity index is 493. The maximum absolute atomic E-state index is 5.84. The summed E-state index contributed by atoms with van der Waals surface area (Å²) in [5.74, 6) is 0.976. The fourth-order valence-electron chi connectivity index (χ4n) is 1.92. The van der Waals surface area contributed by atoms with E-state index in [1.807, 2.05) is 49.8 Å². The number of aromatic nitrogens is 2. The lowest BCUT2D eigenvalue weighted by atomic mass is 10.1. The van der Waals surface area contributed by atoms with Gasteiger partial charge in [-0.2, -0.15) is 0 Å². The molecule has 2 heterocycles. The molecule has 0 saturated carbocycles. The van der Waals surface area contributed by atoms with Crippen LogP contribution >= 0.6 is 0 Å². The zero-order valence-electron chi connectivity index (χ0n) is 11.5. The number of hydrogen-bond acceptors (Lipinski definition) is 4. The van der Waals surface area contributed by atoms with Crippen molar-refractivity contribution in [3.05, 3.63) is 54.0 Å². The van der Waals surface area contributed by atoms with Gasteiger partial charge in [0.05, 0.1) is 0 Å². The molecule has 0 bridgehead atoms. The highest BCUT2D eigenvalue weighted by atomic mass is 15.2. The SMILES string of the molecule is CCN(Cc1ccncc1)c1ccc([C@H](C)N)cn1. The van der Waals surface area contributed by atoms with Crippen LogP contribution in [0.4, 0.5) is 5.82 Å². The quantitative estimate of drug-likeness (QED) is 0.893. The first kappa shape index (κ1) is 13.5. The van der Waals surface area contributed by atoms with Crippen LogP contribution in [0.5, 0.6) is 0 Å². The molecule has 2 aromatic rings. The molecular formula is C15H20N4. The minimum absolute atomic E-state index is 0.0248. The molecule has 1 atom stereocenters. The van der Waals surface area contributed by atoms with E-state index in [1.54, 1.807) is 0 Å². The minimum atomic E-state index is 0.0248. The summed E-state index contributed by atoms with van der Waals surface area (Å²) < 4.78 is 0. The van der Waals surface area contributed by atoms with E-state index in [0.717, 1.165) is 24.5 Å². The van der Waals surface area contributed by atoms with E-state index in [2.05, 4.69) is 21.8 Å². The minimum Gasteiger partial charge on any atom is -0.353 e. The molecule has 0 aromatic carbocycles. The first-order valence-corrected chi connectivity index (χ1v) is 6.56. The third-order valence-corrected chi connectivity index (χ3v) is 3.13. The van der Waals surface area contributed by atoms with E-state index < -0.39 is 0 Å². The standard InChI is InChI=1S/C15H20N4/c1-3-19(11-13-6-8-17-9-7-13)15-5-4-14(10-18-15)12(2)16/h4-10,12H,3,11,16H2,1-2H3/t12-/m0/s1. The molecule has 0 amide bonds. The van der Waals surface area contributed by atoms with Crippen molar-refractivity contribution in [2.24, 2.45) is 5.73 Å². The molecule has 2 aromatic heterocycles. The van der Waals surface area contributed by atoms with Crippen LogP contribution in [0.25, 0.3) is 0 Å². The average molecular weight is 256 g/mol. The highest BCUT2D eigenvalue weighted by Gasteiger charge is 2.07. The van der Waals surface area contributed by atoms with Gasteiger partial charge in [-0.25, -0.2) is 4.98 Å². The highest BCUT2D eigenvalue weighted by molar-refractivity contribution is 5.40. The van der Waals surface area contributed by atoms with Gasteiger partial charge in [0, 0.05) is 37.7 Å². The van der Waals surface area contributed by atoms with Gasteiger partial charge in [0.2, 0.25) is 0 Å². The monoisotopic (exact) mass is 256 g/mol. The Morgan fingerprint density at radius 2 is 1.95 bits per heavy atom. The van der Waals surface area contributed by atoms with Crippen LogP contribution in [0.15, 0.2) is 42.9 Å². The van der Waals surface area contributed by atoms with Crippen LogP contribution in [-0.2, 0) is 6.54 Å². The van der Waals surface area contributed by atoms with Gasteiger partial charge in [-0.1, -0.05) is 6.07 Å². The predicted molar refractivity (Wildman–Crippen MR) is 77.8 cm³/mol. The van der Waals surface area contributed by atoms with Gasteiger partial charge in [-0.05, 0) is 43.2 Å². The maximum Gasteiger partial charge on any atom is 0.128 e. The smallest absolute Gasteiger partial charge is 0.128 e. The Hall–Kier alpha value is -1.94. The molecule has 2 rings (SSSR count). The zero-order chi connectivity index (χ0) is 13.7. The van der Waals surface area contributed by atoms with Crippen LogP contribution in [0.1, 0.15) is 31.0 Å². The van der Waals surface area contributed by atoms with Crippen LogP contribution in [0.2, 0.25) is 0 Å². The van der Waals surface area contributed by atoms with Crippen molar-refractivity contribution >= 4 is 5.82 Å². The van der Waals surface area contributed by atoms with Gasteiger partial charge in [-0.3, -0.25) is 4.98 Å². The molecule has 4 nitrogen and oxygen atoms in total. The summed E-state index contributed by atoms with van der Waals surface area (Å²) in [6, 6.07) is 8.15. The Morgan fingerprint density at radius 1 is 1.21 bits per heavy atom. The number of rotatable bonds is 5. The molecule has 0 aliphatic rings. The first-order chi connectivity index (χ1) is 9.20. The third kappa shape index (κ3) is 3.51. The van der Waals surface area contributed by atoms with Crippen molar-refractivity contribution in [1.82, 2.24) is 9.97 Å². The van der Waals surface area contributed by atoms with Gasteiger partial charge in [0.15, 0.2) is 0 Å². The number of pyridine rings is 2. The lowest BCUT2D eigenvalue weighted by Gasteiger charge is -2.22. The van der Waals surface area contributed by atoms with E-state index in [4.69, 9.17) is 5.73 Å². The fourth-order valence-corrected chi connectivity index (χ4v) is 1.92. The molecule has 2 N–H and O–H groups in total. The van der Waals surface area contributed by atoms with Crippen molar-refractivity contribution in [3.63, 3.8) is 0 Å². The van der Waals surface area contributed by atoms with Gasteiger partial charge < -0.3 is 10.6 Å². The molecule has 0 radical (unpaired) electrons. The van der Waals surface area contributed by atoms with Crippen molar-refractivity contribution in [3.8, 4) is 0 Å². The van der Waals surface area contributed by atoms with Crippen LogP contribution in [-0.4, -0.2) is 16.5 Å². The molecule has 0 spiro atoms. The molecule has 0 saturated heterocycles. The Balaban J connectivity index is 2.13. The molecule has 0 aliphatic carbocycles. The summed E-state index contributed by atoms with van der Waals surface area (Å²) in [4.78, 5) is 10.8. The van der Waals surface area contributed by atoms with Gasteiger partial charge >= 0.3 is 0 Å². The van der Waals surface area contributed by atoms with E-state index in [9.17, 15) is 0 Å². The van der Waals surface area contributed by atoms with Crippen molar-refractivity contribution < 1.29 is 0 Å². The van der Waals surface area contributed by atoms with Gasteiger partial charge in [-0.15, -0.1) is 0 Å². The van der Waals surface area contributed by atoms with E-state index >= 15 is 0 Å². The fraction of sp³-hybridized carbons (Fsp3) is 0.333. The van der Waals surface area contributed by atoms with E-state index in [1.165, 1.54) is 5.56 Å². The van der Waals surface area contributed by atoms with Gasteiger partial charge in [0.1, 0.15) is 5.82 Å². The lowest BCUT2D eigenvalue weighted by molar-refractivity contribution is 0.791. The summed E-state index contributed by atoms with van der Waals surface area (Å²) in [6.07, 6.45) is 5.49. The largest absolute Gasteiger partial charge is 0.353 e. The summed E-state index contributed by atoms with van der Waals surface area (Å²) in [7, 11) is 0. The molecule has 0 fully saturated rings. The Morgan fingerprint density at radius 3 is 2.47 bits per heavy atom. The van der Waals surface area contributed by atoms with Crippen LogP contribution in [0, 0.1) is 0 Å². The van der Waals surface area contributed by atoms with E-state index in [-0.39, 0.29) is 6.04 Å². The van der Waals surface area contributed by atoms with Crippen LogP contribution in [0.3, 0.4) is 0 Å². The summed E-state index contributed by atoms with van der Waals surface area (Å²) in [6.45, 7) is 5.84. The molecule has 100 valence electrons. The normalized spacial score (nSPS) is 12.2. The third-order valence-electron chi connectivity index (χ3n) is 3.13. The summed E-state index contributed by atoms with van der Waals surface area (Å²) in [5.41, 5.74) is 8.13. The molecule has 0 unspecified atom stereocenters. The van der Waals surface area contributed by atoms with Crippen molar-refractivity contribution in [2.75, 3.05) is 11.4 Å². The number of nitrogens with zero attached hydrogens (tertiary/aromatic N) is 3. The second-order valence-electron chi connectivity index (χ2n) is 4.61. The first-order valence-electron chi connectivity index (χ1n) is 6.56. The second-order valence-corrected chi connectivity index (χ2v) is 4.61. The van der Waals surface area contributed by atoms with E-state index in [0.29, 0.717) is 0 Å². The number of hydrogen-bond donors (Lipinski definition) is 1. The topological polar surface area (TPSA) is 55.0 Å². The van der Waals surface area contributed by atoms with Gasteiger partial charge in [0.25, 0.3) is 0 Å². The lowest BCUT2D eigenvalue weighted by Crippen LogP contribution is -2.23.